The zero-order chi connectivity index (χ0) is 12.1. The standard InChI is InChI=1S/C10H8N6O/c11-6-5-9(17)12-8-4-2-1-3-7(8)10-13-15-16-14-10/h1-4H,5H2,(H,12,17)(H,13,14,15,16). The summed E-state index contributed by atoms with van der Waals surface area (Å²) in [6, 6.07) is 8.81. The van der Waals surface area contributed by atoms with Crippen molar-refractivity contribution in [1.82, 2.24) is 20.6 Å². The van der Waals surface area contributed by atoms with Crippen LogP contribution >= 0.6 is 0 Å². The number of nitrogens with one attached hydrogen (secondary N) is 2. The van der Waals surface area contributed by atoms with Crippen molar-refractivity contribution in [2.45, 2.75) is 6.42 Å². The van der Waals surface area contributed by atoms with Gasteiger partial charge in [0.25, 0.3) is 0 Å². The Bertz CT molecular complexity index is 556. The highest BCUT2D eigenvalue weighted by atomic mass is 16.1. The Kier molecular flexibility index (Phi) is 3.07. The maximum atomic E-state index is 11.3. The topological polar surface area (TPSA) is 107 Å². The van der Waals surface area contributed by atoms with Crippen LogP contribution in [0, 0.1) is 11.3 Å². The molecule has 0 spiro atoms. The van der Waals surface area contributed by atoms with Crippen molar-refractivity contribution in [3.63, 3.8) is 0 Å². The molecule has 1 heterocycles. The van der Waals surface area contributed by atoms with E-state index >= 15 is 0 Å². The number of hydrogen-bond donors (Lipinski definition) is 2. The Hall–Kier alpha value is -2.75. The zero-order valence-electron chi connectivity index (χ0n) is 8.71. The minimum absolute atomic E-state index is 0.194. The van der Waals surface area contributed by atoms with Crippen LogP contribution in [0.25, 0.3) is 11.4 Å². The first-order valence-corrected chi connectivity index (χ1v) is 4.81. The molecule has 2 rings (SSSR count). The Balaban J connectivity index is 2.29. The molecule has 0 fully saturated rings. The van der Waals surface area contributed by atoms with Crippen molar-refractivity contribution in [2.24, 2.45) is 0 Å². The monoisotopic (exact) mass is 228 g/mol. The van der Waals surface area contributed by atoms with Crippen LogP contribution in [0.3, 0.4) is 0 Å². The smallest absolute Gasteiger partial charge is 0.238 e. The first-order valence-electron chi connectivity index (χ1n) is 4.81. The van der Waals surface area contributed by atoms with Crippen molar-refractivity contribution in [1.29, 1.82) is 5.26 Å². The number of H-pyrrole nitrogens is 1. The van der Waals surface area contributed by atoms with E-state index in [1.165, 1.54) is 0 Å². The number of hydrogen-bond acceptors (Lipinski definition) is 5. The van der Waals surface area contributed by atoms with Gasteiger partial charge in [-0.25, -0.2) is 0 Å². The van der Waals surface area contributed by atoms with Gasteiger partial charge < -0.3 is 5.32 Å². The lowest BCUT2D eigenvalue weighted by atomic mass is 10.1. The number of carbonyl (C=O) groups excluding carboxylic acids is 1. The van der Waals surface area contributed by atoms with Gasteiger partial charge in [-0.3, -0.25) is 4.79 Å². The number of aromatic nitrogens is 4. The molecule has 0 saturated heterocycles. The number of nitrogens with zero attached hydrogens (tertiary/aromatic N) is 4. The van der Waals surface area contributed by atoms with Gasteiger partial charge in [0.15, 0.2) is 0 Å². The third-order valence-electron chi connectivity index (χ3n) is 2.03. The van der Waals surface area contributed by atoms with E-state index in [1.807, 2.05) is 0 Å². The van der Waals surface area contributed by atoms with Gasteiger partial charge in [-0.15, -0.1) is 10.2 Å². The fourth-order valence-corrected chi connectivity index (χ4v) is 1.33. The van der Waals surface area contributed by atoms with E-state index in [0.29, 0.717) is 17.1 Å². The number of benzene rings is 1. The quantitative estimate of drug-likeness (QED) is 0.804. The van der Waals surface area contributed by atoms with Gasteiger partial charge in [-0.1, -0.05) is 12.1 Å². The number of carbonyl (C=O) groups is 1. The van der Waals surface area contributed by atoms with Crippen LogP contribution in [0.2, 0.25) is 0 Å². The van der Waals surface area contributed by atoms with Crippen molar-refractivity contribution >= 4 is 11.6 Å². The van der Waals surface area contributed by atoms with Crippen molar-refractivity contribution in [3.05, 3.63) is 24.3 Å². The van der Waals surface area contributed by atoms with E-state index in [0.717, 1.165) is 0 Å². The highest BCUT2D eigenvalue weighted by molar-refractivity contribution is 5.95. The van der Waals surface area contributed by atoms with E-state index in [-0.39, 0.29) is 12.3 Å². The number of rotatable bonds is 3. The highest BCUT2D eigenvalue weighted by Gasteiger charge is 2.10. The molecule has 7 heteroatoms. The summed E-state index contributed by atoms with van der Waals surface area (Å²) < 4.78 is 0. The molecule has 84 valence electrons. The molecule has 17 heavy (non-hydrogen) atoms. The third-order valence-corrected chi connectivity index (χ3v) is 2.03. The molecule has 0 unspecified atom stereocenters. The molecule has 0 aliphatic carbocycles. The summed E-state index contributed by atoms with van der Waals surface area (Å²) in [6.07, 6.45) is -0.194. The van der Waals surface area contributed by atoms with Crippen molar-refractivity contribution in [3.8, 4) is 17.5 Å². The molecule has 7 nitrogen and oxygen atoms in total. The second-order valence-corrected chi connectivity index (χ2v) is 3.16. The molecule has 1 amide bonds. The number of nitriles is 1. The molecule has 0 aliphatic heterocycles. The average molecular weight is 228 g/mol. The Morgan fingerprint density at radius 3 is 3.00 bits per heavy atom. The second kappa shape index (κ2) is 4.85. The lowest BCUT2D eigenvalue weighted by molar-refractivity contribution is -0.115. The summed E-state index contributed by atoms with van der Waals surface area (Å²) in [5.41, 5.74) is 1.20. The molecule has 0 bridgehead atoms. The number of amides is 1. The lowest BCUT2D eigenvalue weighted by Gasteiger charge is -2.06. The maximum Gasteiger partial charge on any atom is 0.238 e. The number of para-hydroxylation sites is 1. The minimum atomic E-state index is -0.372. The Labute approximate surface area is 96.5 Å². The van der Waals surface area contributed by atoms with Gasteiger partial charge in [-0.05, 0) is 17.3 Å². The summed E-state index contributed by atoms with van der Waals surface area (Å²) in [6.45, 7) is 0. The van der Waals surface area contributed by atoms with Gasteiger partial charge in [-0.2, -0.15) is 10.5 Å². The Morgan fingerprint density at radius 1 is 1.47 bits per heavy atom. The fraction of sp³-hybridized carbons (Fsp3) is 0.100. The van der Waals surface area contributed by atoms with Crippen LogP contribution in [0.15, 0.2) is 24.3 Å². The molecular weight excluding hydrogens is 220 g/mol. The first kappa shape index (κ1) is 10.8. The molecule has 1 aromatic carbocycles. The van der Waals surface area contributed by atoms with Gasteiger partial charge in [0.1, 0.15) is 6.42 Å². The molecule has 0 atom stereocenters. The van der Waals surface area contributed by atoms with Crippen molar-refractivity contribution < 1.29 is 4.79 Å². The van der Waals surface area contributed by atoms with Crippen LogP contribution < -0.4 is 5.32 Å². The highest BCUT2D eigenvalue weighted by Crippen LogP contribution is 2.23. The summed E-state index contributed by atoms with van der Waals surface area (Å²) in [5.74, 6) is 0.0151. The van der Waals surface area contributed by atoms with Gasteiger partial charge in [0.05, 0.1) is 11.8 Å². The van der Waals surface area contributed by atoms with Gasteiger partial charge in [0.2, 0.25) is 11.7 Å². The van der Waals surface area contributed by atoms with E-state index in [9.17, 15) is 4.79 Å². The number of aromatic amines is 1. The molecule has 2 N–H and O–H groups in total. The summed E-state index contributed by atoms with van der Waals surface area (Å²) in [4.78, 5) is 11.3. The van der Waals surface area contributed by atoms with Gasteiger partial charge in [0, 0.05) is 5.56 Å². The molecule has 0 aliphatic rings. The second-order valence-electron chi connectivity index (χ2n) is 3.16. The van der Waals surface area contributed by atoms with Gasteiger partial charge >= 0.3 is 0 Å². The summed E-state index contributed by atoms with van der Waals surface area (Å²) in [5, 5.41) is 24.5. The van der Waals surface area contributed by atoms with Crippen LogP contribution in [0.5, 0.6) is 0 Å². The van der Waals surface area contributed by atoms with E-state index in [2.05, 4.69) is 25.9 Å². The van der Waals surface area contributed by atoms with E-state index in [4.69, 9.17) is 5.26 Å². The van der Waals surface area contributed by atoms with Crippen LogP contribution in [0.4, 0.5) is 5.69 Å². The third kappa shape index (κ3) is 2.43. The maximum absolute atomic E-state index is 11.3. The zero-order valence-corrected chi connectivity index (χ0v) is 8.71. The fourth-order valence-electron chi connectivity index (χ4n) is 1.33. The van der Waals surface area contributed by atoms with Crippen LogP contribution in [-0.2, 0) is 4.79 Å². The lowest BCUT2D eigenvalue weighted by Crippen LogP contribution is -2.11. The molecule has 1 aromatic heterocycles. The normalized spacial score (nSPS) is 9.59. The van der Waals surface area contributed by atoms with Crippen LogP contribution in [-0.4, -0.2) is 26.5 Å². The van der Waals surface area contributed by atoms with Crippen LogP contribution in [0.1, 0.15) is 6.42 Å². The molecule has 0 saturated carbocycles. The SMILES string of the molecule is N#CCC(=O)Nc1ccccc1-c1nn[nH]n1. The Morgan fingerprint density at radius 2 is 2.29 bits per heavy atom. The average Bonchev–Trinajstić information content (AvgIpc) is 2.83. The first-order chi connectivity index (χ1) is 8.31. The number of anilines is 1. The largest absolute Gasteiger partial charge is 0.325 e. The predicted molar refractivity (Wildman–Crippen MR) is 58.5 cm³/mol. The molecule has 2 aromatic rings. The van der Waals surface area contributed by atoms with E-state index < -0.39 is 0 Å². The summed E-state index contributed by atoms with van der Waals surface area (Å²) in [7, 11) is 0. The van der Waals surface area contributed by atoms with E-state index in [1.54, 1.807) is 30.3 Å². The molecular formula is C10H8N6O. The predicted octanol–water partition coefficient (Wildman–Crippen LogP) is 0.719. The number of tetrazole rings is 1. The molecule has 0 radical (unpaired) electrons. The summed E-state index contributed by atoms with van der Waals surface area (Å²) >= 11 is 0. The minimum Gasteiger partial charge on any atom is -0.325 e. The van der Waals surface area contributed by atoms with Crippen molar-refractivity contribution in [2.75, 3.05) is 5.32 Å².